The van der Waals surface area contributed by atoms with E-state index in [0.717, 1.165) is 26.1 Å². The van der Waals surface area contributed by atoms with Crippen molar-refractivity contribution in [2.75, 3.05) is 40.3 Å². The van der Waals surface area contributed by atoms with E-state index in [1.807, 2.05) is 0 Å². The molecule has 0 aliphatic rings. The van der Waals surface area contributed by atoms with Gasteiger partial charge in [-0.25, -0.2) is 0 Å². The normalized spacial score (nSPS) is 13.2. The number of benzene rings is 1. The van der Waals surface area contributed by atoms with E-state index >= 15 is 0 Å². The van der Waals surface area contributed by atoms with Crippen molar-refractivity contribution in [3.05, 3.63) is 35.4 Å². The Morgan fingerprint density at radius 1 is 1.05 bits per heavy atom. The van der Waals surface area contributed by atoms with Gasteiger partial charge in [-0.1, -0.05) is 38.1 Å². The van der Waals surface area contributed by atoms with Gasteiger partial charge in [0.2, 0.25) is 0 Å². The predicted molar refractivity (Wildman–Crippen MR) is 88.0 cm³/mol. The van der Waals surface area contributed by atoms with E-state index in [0.29, 0.717) is 12.6 Å². The second-order valence-electron chi connectivity index (χ2n) is 5.63. The fourth-order valence-corrected chi connectivity index (χ4v) is 2.60. The molecule has 114 valence electrons. The Morgan fingerprint density at radius 3 is 2.15 bits per heavy atom. The number of nitrogens with zero attached hydrogens (tertiary/aromatic N) is 2. The molecule has 0 saturated heterocycles. The Labute approximate surface area is 124 Å². The average molecular weight is 277 g/mol. The molecule has 0 aliphatic carbocycles. The van der Waals surface area contributed by atoms with Crippen molar-refractivity contribution in [3.63, 3.8) is 0 Å². The minimum absolute atomic E-state index is 0.341. The maximum absolute atomic E-state index is 6.03. The zero-order valence-corrected chi connectivity index (χ0v) is 13.6. The first-order chi connectivity index (χ1) is 9.62. The molecule has 0 aromatic heterocycles. The van der Waals surface area contributed by atoms with Gasteiger partial charge in [0, 0.05) is 19.1 Å². The number of likely N-dealkylation sites (N-methyl/N-ethyl adjacent to an activating group) is 1. The molecule has 1 unspecified atom stereocenters. The summed E-state index contributed by atoms with van der Waals surface area (Å²) in [6.45, 7) is 8.37. The quantitative estimate of drug-likeness (QED) is 0.753. The molecule has 0 amide bonds. The molecule has 1 rings (SSSR count). The van der Waals surface area contributed by atoms with E-state index in [-0.39, 0.29) is 0 Å². The summed E-state index contributed by atoms with van der Waals surface area (Å²) in [4.78, 5) is 4.73. The number of hydrogen-bond donors (Lipinski definition) is 1. The number of nitrogens with two attached hydrogens (primary N) is 1. The maximum Gasteiger partial charge on any atom is 0.0470 e. The summed E-state index contributed by atoms with van der Waals surface area (Å²) in [6, 6.07) is 9.28. The van der Waals surface area contributed by atoms with Crippen molar-refractivity contribution in [2.24, 2.45) is 5.73 Å². The molecule has 3 heteroatoms. The monoisotopic (exact) mass is 277 g/mol. The van der Waals surface area contributed by atoms with Gasteiger partial charge in [-0.3, -0.25) is 4.90 Å². The second-order valence-corrected chi connectivity index (χ2v) is 5.63. The predicted octanol–water partition coefficient (Wildman–Crippen LogP) is 2.52. The standard InChI is InChI=1S/C17H31N3/c1-5-15-8-10-16(11-9-15)17(14-18)20(6-2)13-7-12-19(3)4/h8-11,17H,5-7,12-14,18H2,1-4H3. The molecule has 1 aromatic carbocycles. The minimum atomic E-state index is 0.341. The molecule has 0 spiro atoms. The first kappa shape index (κ1) is 17.2. The molecule has 0 heterocycles. The van der Waals surface area contributed by atoms with Crippen LogP contribution in [0.15, 0.2) is 24.3 Å². The Hall–Kier alpha value is -0.900. The summed E-state index contributed by atoms with van der Waals surface area (Å²) in [5.74, 6) is 0. The molecule has 1 atom stereocenters. The zero-order chi connectivity index (χ0) is 15.0. The summed E-state index contributed by atoms with van der Waals surface area (Å²) in [6.07, 6.45) is 2.28. The number of hydrogen-bond acceptors (Lipinski definition) is 3. The molecule has 2 N–H and O–H groups in total. The topological polar surface area (TPSA) is 32.5 Å². The van der Waals surface area contributed by atoms with Gasteiger partial charge in [-0.2, -0.15) is 0 Å². The van der Waals surface area contributed by atoms with Crippen LogP contribution in [0.4, 0.5) is 0 Å². The average Bonchev–Trinajstić information content (AvgIpc) is 2.46. The summed E-state index contributed by atoms with van der Waals surface area (Å²) in [5.41, 5.74) is 8.76. The van der Waals surface area contributed by atoms with Crippen LogP contribution in [-0.4, -0.2) is 50.1 Å². The van der Waals surface area contributed by atoms with Crippen molar-refractivity contribution in [1.29, 1.82) is 0 Å². The van der Waals surface area contributed by atoms with E-state index in [1.54, 1.807) is 0 Å². The highest BCUT2D eigenvalue weighted by Gasteiger charge is 2.17. The van der Waals surface area contributed by atoms with E-state index in [2.05, 4.69) is 62.0 Å². The first-order valence-corrected chi connectivity index (χ1v) is 7.80. The van der Waals surface area contributed by atoms with Crippen LogP contribution >= 0.6 is 0 Å². The highest BCUT2D eigenvalue weighted by atomic mass is 15.2. The molecule has 1 aromatic rings. The van der Waals surface area contributed by atoms with Crippen LogP contribution in [-0.2, 0) is 6.42 Å². The Bertz CT molecular complexity index is 359. The molecule has 0 bridgehead atoms. The van der Waals surface area contributed by atoms with Crippen LogP contribution in [0.1, 0.15) is 37.4 Å². The molecular weight excluding hydrogens is 246 g/mol. The lowest BCUT2D eigenvalue weighted by molar-refractivity contribution is 0.201. The maximum atomic E-state index is 6.03. The van der Waals surface area contributed by atoms with Gasteiger partial charge in [0.05, 0.1) is 0 Å². The molecule has 3 nitrogen and oxygen atoms in total. The Kier molecular flexibility index (Phi) is 7.82. The van der Waals surface area contributed by atoms with Gasteiger partial charge >= 0.3 is 0 Å². The van der Waals surface area contributed by atoms with E-state index in [4.69, 9.17) is 5.73 Å². The van der Waals surface area contributed by atoms with Gasteiger partial charge in [0.25, 0.3) is 0 Å². The summed E-state index contributed by atoms with van der Waals surface area (Å²) < 4.78 is 0. The molecular formula is C17H31N3. The van der Waals surface area contributed by atoms with Crippen molar-refractivity contribution < 1.29 is 0 Å². The van der Waals surface area contributed by atoms with E-state index in [9.17, 15) is 0 Å². The van der Waals surface area contributed by atoms with Crippen LogP contribution in [0, 0.1) is 0 Å². The Morgan fingerprint density at radius 2 is 1.70 bits per heavy atom. The van der Waals surface area contributed by atoms with Gasteiger partial charge in [0.15, 0.2) is 0 Å². The largest absolute Gasteiger partial charge is 0.329 e. The number of aryl methyl sites for hydroxylation is 1. The van der Waals surface area contributed by atoms with E-state index in [1.165, 1.54) is 17.5 Å². The minimum Gasteiger partial charge on any atom is -0.329 e. The van der Waals surface area contributed by atoms with Gasteiger partial charge in [-0.15, -0.1) is 0 Å². The fraction of sp³-hybridized carbons (Fsp3) is 0.647. The second kappa shape index (κ2) is 9.11. The fourth-order valence-electron chi connectivity index (χ4n) is 2.60. The molecule has 0 saturated carbocycles. The van der Waals surface area contributed by atoms with Crippen LogP contribution in [0.3, 0.4) is 0 Å². The van der Waals surface area contributed by atoms with Gasteiger partial charge in [0.1, 0.15) is 0 Å². The van der Waals surface area contributed by atoms with Crippen LogP contribution in [0.2, 0.25) is 0 Å². The van der Waals surface area contributed by atoms with Crippen LogP contribution < -0.4 is 5.73 Å². The summed E-state index contributed by atoms with van der Waals surface area (Å²) in [5, 5.41) is 0. The summed E-state index contributed by atoms with van der Waals surface area (Å²) in [7, 11) is 4.25. The molecule has 0 fully saturated rings. The molecule has 0 aliphatic heterocycles. The van der Waals surface area contributed by atoms with Crippen molar-refractivity contribution in [2.45, 2.75) is 32.7 Å². The molecule has 0 radical (unpaired) electrons. The lowest BCUT2D eigenvalue weighted by atomic mass is 10.0. The third-order valence-corrected chi connectivity index (χ3v) is 3.89. The third kappa shape index (κ3) is 5.23. The highest BCUT2D eigenvalue weighted by Crippen LogP contribution is 2.20. The zero-order valence-electron chi connectivity index (χ0n) is 13.6. The van der Waals surface area contributed by atoms with Crippen molar-refractivity contribution >= 4 is 0 Å². The number of rotatable bonds is 9. The summed E-state index contributed by atoms with van der Waals surface area (Å²) >= 11 is 0. The smallest absolute Gasteiger partial charge is 0.0470 e. The van der Waals surface area contributed by atoms with Gasteiger partial charge in [-0.05, 0) is 51.2 Å². The lowest BCUT2D eigenvalue weighted by Crippen LogP contribution is -2.35. The van der Waals surface area contributed by atoms with E-state index < -0.39 is 0 Å². The SMILES string of the molecule is CCc1ccc(C(CN)N(CC)CCCN(C)C)cc1. The van der Waals surface area contributed by atoms with Crippen LogP contribution in [0.25, 0.3) is 0 Å². The van der Waals surface area contributed by atoms with Crippen molar-refractivity contribution in [3.8, 4) is 0 Å². The third-order valence-electron chi connectivity index (χ3n) is 3.89. The van der Waals surface area contributed by atoms with Gasteiger partial charge < -0.3 is 10.6 Å². The Balaban J connectivity index is 2.69. The van der Waals surface area contributed by atoms with Crippen molar-refractivity contribution in [1.82, 2.24) is 9.80 Å². The first-order valence-electron chi connectivity index (χ1n) is 7.80. The lowest BCUT2D eigenvalue weighted by Gasteiger charge is -2.30. The van der Waals surface area contributed by atoms with Crippen LogP contribution in [0.5, 0.6) is 0 Å². The molecule has 20 heavy (non-hydrogen) atoms. The highest BCUT2D eigenvalue weighted by molar-refractivity contribution is 5.25.